The fourth-order valence-corrected chi connectivity index (χ4v) is 3.55. The standard InChI is InChI=1S/C18H17Cl2N5OS/c1-10-5-4-6-16(11(10)2)25-18(22-23-24-25)27-12(3)17(26)21-15-9-13(19)7-8-14(15)20/h4-9,12H,1-3H3,(H,21,26)/t12-/m1/s1. The number of tetrazole rings is 1. The van der Waals surface area contributed by atoms with Gasteiger partial charge >= 0.3 is 0 Å². The maximum Gasteiger partial charge on any atom is 0.237 e. The normalized spacial score (nSPS) is 12.0. The molecule has 1 aromatic heterocycles. The number of amides is 1. The van der Waals surface area contributed by atoms with E-state index in [0.717, 1.165) is 16.8 Å². The molecular weight excluding hydrogens is 405 g/mol. The first-order chi connectivity index (χ1) is 12.9. The topological polar surface area (TPSA) is 72.7 Å². The minimum absolute atomic E-state index is 0.223. The molecule has 140 valence electrons. The Balaban J connectivity index is 1.78. The number of halogens is 2. The Morgan fingerprint density at radius 2 is 2.00 bits per heavy atom. The van der Waals surface area contributed by atoms with Gasteiger partial charge in [-0.1, -0.05) is 47.1 Å². The zero-order chi connectivity index (χ0) is 19.6. The number of rotatable bonds is 5. The monoisotopic (exact) mass is 421 g/mol. The van der Waals surface area contributed by atoms with Gasteiger partial charge in [0, 0.05) is 5.02 Å². The molecule has 0 bridgehead atoms. The number of nitrogens with zero attached hydrogens (tertiary/aromatic N) is 4. The third-order valence-corrected chi connectivity index (χ3v) is 5.68. The van der Waals surface area contributed by atoms with Crippen LogP contribution in [0.5, 0.6) is 0 Å². The van der Waals surface area contributed by atoms with Gasteiger partial charge in [0.2, 0.25) is 11.1 Å². The van der Waals surface area contributed by atoms with E-state index >= 15 is 0 Å². The third-order valence-electron chi connectivity index (χ3n) is 4.08. The van der Waals surface area contributed by atoms with Crippen LogP contribution in [-0.2, 0) is 4.79 Å². The molecule has 2 aromatic carbocycles. The smallest absolute Gasteiger partial charge is 0.237 e. The molecule has 0 unspecified atom stereocenters. The second-order valence-corrected chi connectivity index (χ2v) is 8.12. The second kappa shape index (κ2) is 8.29. The first-order valence-corrected chi connectivity index (χ1v) is 9.78. The highest BCUT2D eigenvalue weighted by Crippen LogP contribution is 2.28. The summed E-state index contributed by atoms with van der Waals surface area (Å²) in [5.41, 5.74) is 3.57. The van der Waals surface area contributed by atoms with Crippen molar-refractivity contribution in [1.82, 2.24) is 20.2 Å². The number of carbonyl (C=O) groups is 1. The summed E-state index contributed by atoms with van der Waals surface area (Å²) >= 11 is 13.3. The zero-order valence-corrected chi connectivity index (χ0v) is 17.2. The molecule has 0 radical (unpaired) electrons. The van der Waals surface area contributed by atoms with Gasteiger partial charge in [0.25, 0.3) is 0 Å². The summed E-state index contributed by atoms with van der Waals surface area (Å²) in [6, 6.07) is 10.8. The number of aromatic nitrogens is 4. The average molecular weight is 422 g/mol. The van der Waals surface area contributed by atoms with Crippen LogP contribution < -0.4 is 5.32 Å². The van der Waals surface area contributed by atoms with Gasteiger partial charge < -0.3 is 5.32 Å². The summed E-state index contributed by atoms with van der Waals surface area (Å²) in [5.74, 6) is -0.223. The first-order valence-electron chi connectivity index (χ1n) is 8.14. The van der Waals surface area contributed by atoms with Crippen LogP contribution in [0.15, 0.2) is 41.6 Å². The molecule has 1 amide bonds. The fraction of sp³-hybridized carbons (Fsp3) is 0.222. The van der Waals surface area contributed by atoms with Crippen molar-refractivity contribution in [2.45, 2.75) is 31.2 Å². The van der Waals surface area contributed by atoms with Gasteiger partial charge in [-0.05, 0) is 66.6 Å². The van der Waals surface area contributed by atoms with E-state index in [2.05, 4.69) is 20.8 Å². The number of nitrogens with one attached hydrogen (secondary N) is 1. The van der Waals surface area contributed by atoms with Gasteiger partial charge in [0.15, 0.2) is 0 Å². The SMILES string of the molecule is Cc1cccc(-n2nnnc2S[C@H](C)C(=O)Nc2cc(Cl)ccc2Cl)c1C. The lowest BCUT2D eigenvalue weighted by Crippen LogP contribution is -2.23. The molecule has 0 spiro atoms. The lowest BCUT2D eigenvalue weighted by molar-refractivity contribution is -0.115. The lowest BCUT2D eigenvalue weighted by atomic mass is 10.1. The van der Waals surface area contributed by atoms with Gasteiger partial charge in [-0.3, -0.25) is 4.79 Å². The third kappa shape index (κ3) is 4.43. The van der Waals surface area contributed by atoms with E-state index in [9.17, 15) is 4.79 Å². The molecule has 0 aliphatic carbocycles. The molecule has 3 aromatic rings. The van der Waals surface area contributed by atoms with Gasteiger partial charge in [0.1, 0.15) is 0 Å². The van der Waals surface area contributed by atoms with Crippen LogP contribution in [0.2, 0.25) is 10.0 Å². The predicted octanol–water partition coefficient (Wildman–Crippen LogP) is 4.71. The molecule has 0 aliphatic heterocycles. The summed E-state index contributed by atoms with van der Waals surface area (Å²) in [6.45, 7) is 5.82. The van der Waals surface area contributed by atoms with Crippen molar-refractivity contribution in [3.63, 3.8) is 0 Å². The van der Waals surface area contributed by atoms with Crippen molar-refractivity contribution in [3.05, 3.63) is 57.6 Å². The molecule has 6 nitrogen and oxygen atoms in total. The zero-order valence-electron chi connectivity index (χ0n) is 14.9. The average Bonchev–Trinajstić information content (AvgIpc) is 3.08. The minimum atomic E-state index is -0.449. The van der Waals surface area contributed by atoms with Crippen molar-refractivity contribution in [2.75, 3.05) is 5.32 Å². The van der Waals surface area contributed by atoms with E-state index in [0.29, 0.717) is 20.9 Å². The Morgan fingerprint density at radius 1 is 1.22 bits per heavy atom. The van der Waals surface area contributed by atoms with Gasteiger partial charge in [-0.2, -0.15) is 4.68 Å². The number of thioether (sulfide) groups is 1. The van der Waals surface area contributed by atoms with Gasteiger partial charge in [0.05, 0.1) is 21.6 Å². The van der Waals surface area contributed by atoms with Crippen LogP contribution >= 0.6 is 35.0 Å². The van der Waals surface area contributed by atoms with Crippen molar-refractivity contribution in [2.24, 2.45) is 0 Å². The van der Waals surface area contributed by atoms with Crippen LogP contribution in [0.25, 0.3) is 5.69 Å². The summed E-state index contributed by atoms with van der Waals surface area (Å²) in [5, 5.41) is 15.7. The highest BCUT2D eigenvalue weighted by molar-refractivity contribution is 8.00. The number of hydrogen-bond donors (Lipinski definition) is 1. The Labute approximate surface area is 171 Å². The Hall–Kier alpha value is -2.09. The number of aryl methyl sites for hydroxylation is 1. The number of anilines is 1. The molecule has 1 heterocycles. The van der Waals surface area contributed by atoms with E-state index in [1.807, 2.05) is 32.0 Å². The number of benzene rings is 2. The van der Waals surface area contributed by atoms with Crippen molar-refractivity contribution < 1.29 is 4.79 Å². The first kappa shape index (κ1) is 19.7. The second-order valence-electron chi connectivity index (χ2n) is 5.97. The lowest BCUT2D eigenvalue weighted by Gasteiger charge is -2.14. The van der Waals surface area contributed by atoms with E-state index in [1.54, 1.807) is 29.8 Å². The summed E-state index contributed by atoms with van der Waals surface area (Å²) in [7, 11) is 0. The summed E-state index contributed by atoms with van der Waals surface area (Å²) in [6.07, 6.45) is 0. The van der Waals surface area contributed by atoms with E-state index in [-0.39, 0.29) is 5.91 Å². The fourth-order valence-electron chi connectivity index (χ4n) is 2.41. The van der Waals surface area contributed by atoms with Crippen LogP contribution in [0, 0.1) is 13.8 Å². The van der Waals surface area contributed by atoms with Crippen molar-refractivity contribution >= 4 is 46.6 Å². The largest absolute Gasteiger partial charge is 0.324 e. The maximum atomic E-state index is 12.6. The highest BCUT2D eigenvalue weighted by atomic mass is 35.5. The van der Waals surface area contributed by atoms with Crippen LogP contribution in [0.1, 0.15) is 18.1 Å². The summed E-state index contributed by atoms with van der Waals surface area (Å²) in [4.78, 5) is 12.6. The van der Waals surface area contributed by atoms with Crippen LogP contribution in [0.4, 0.5) is 5.69 Å². The number of carbonyl (C=O) groups excluding carboxylic acids is 1. The van der Waals surface area contributed by atoms with E-state index < -0.39 is 5.25 Å². The molecule has 9 heteroatoms. The van der Waals surface area contributed by atoms with E-state index in [1.165, 1.54) is 11.8 Å². The van der Waals surface area contributed by atoms with Gasteiger partial charge in [-0.15, -0.1) is 5.10 Å². The van der Waals surface area contributed by atoms with Crippen LogP contribution in [-0.4, -0.2) is 31.4 Å². The Bertz CT molecular complexity index is 992. The van der Waals surface area contributed by atoms with Crippen molar-refractivity contribution in [1.29, 1.82) is 0 Å². The molecular formula is C18H17Cl2N5OS. The molecule has 0 saturated carbocycles. The Morgan fingerprint density at radius 3 is 2.78 bits per heavy atom. The Kier molecular flexibility index (Phi) is 6.04. The number of hydrogen-bond acceptors (Lipinski definition) is 5. The molecule has 1 N–H and O–H groups in total. The molecule has 3 rings (SSSR count). The molecule has 0 aliphatic rings. The predicted molar refractivity (Wildman–Crippen MR) is 109 cm³/mol. The highest BCUT2D eigenvalue weighted by Gasteiger charge is 2.21. The maximum absolute atomic E-state index is 12.6. The quantitative estimate of drug-likeness (QED) is 0.604. The molecule has 0 saturated heterocycles. The van der Waals surface area contributed by atoms with E-state index in [4.69, 9.17) is 23.2 Å². The molecule has 0 fully saturated rings. The molecule has 1 atom stereocenters. The van der Waals surface area contributed by atoms with Gasteiger partial charge in [-0.25, -0.2) is 0 Å². The van der Waals surface area contributed by atoms with Crippen LogP contribution in [0.3, 0.4) is 0 Å². The minimum Gasteiger partial charge on any atom is -0.324 e. The summed E-state index contributed by atoms with van der Waals surface area (Å²) < 4.78 is 1.64. The molecule has 27 heavy (non-hydrogen) atoms. The van der Waals surface area contributed by atoms with Crippen molar-refractivity contribution in [3.8, 4) is 5.69 Å².